The fourth-order valence-electron chi connectivity index (χ4n) is 1.56. The Labute approximate surface area is 69.9 Å². The van der Waals surface area contributed by atoms with E-state index in [1.54, 1.807) is 0 Å². The van der Waals surface area contributed by atoms with E-state index < -0.39 is 36.9 Å². The number of hydrogen-bond donors (Lipinski definition) is 5. The van der Waals surface area contributed by atoms with Crippen LogP contribution in [0.15, 0.2) is 0 Å². The standard InChI is InChI=1S/C7H14O5/c8-2-5(10)3-1-4(9)7(12)6(3)11/h3-12H,1-2H2/t3?,4-,5-,6+,7-/m1/s1. The minimum Gasteiger partial charge on any atom is -0.394 e. The number of rotatable bonds is 2. The molecule has 5 heteroatoms. The highest BCUT2D eigenvalue weighted by molar-refractivity contribution is 4.93. The molecular weight excluding hydrogens is 164 g/mol. The van der Waals surface area contributed by atoms with Crippen LogP contribution in [0, 0.1) is 5.92 Å². The average Bonchev–Trinajstić information content (AvgIpc) is 2.32. The second kappa shape index (κ2) is 3.68. The van der Waals surface area contributed by atoms with Crippen LogP contribution in [0.4, 0.5) is 0 Å². The molecule has 1 unspecified atom stereocenters. The van der Waals surface area contributed by atoms with Crippen molar-refractivity contribution in [2.45, 2.75) is 30.8 Å². The SMILES string of the molecule is OC[C@@H](O)C1C[C@@H](O)[C@@H](O)[C@H]1O. The van der Waals surface area contributed by atoms with Crippen LogP contribution in [-0.4, -0.2) is 56.6 Å². The van der Waals surface area contributed by atoms with Crippen LogP contribution >= 0.6 is 0 Å². The Morgan fingerprint density at radius 1 is 1.17 bits per heavy atom. The van der Waals surface area contributed by atoms with Crippen molar-refractivity contribution in [2.75, 3.05) is 6.61 Å². The molecule has 1 saturated carbocycles. The lowest BCUT2D eigenvalue weighted by molar-refractivity contribution is -0.0496. The molecule has 0 heterocycles. The lowest BCUT2D eigenvalue weighted by Gasteiger charge is -2.19. The maximum absolute atomic E-state index is 9.25. The Balaban J connectivity index is 2.58. The molecule has 1 aliphatic carbocycles. The summed E-state index contributed by atoms with van der Waals surface area (Å²) < 4.78 is 0. The van der Waals surface area contributed by atoms with Gasteiger partial charge in [-0.25, -0.2) is 0 Å². The highest BCUT2D eigenvalue weighted by atomic mass is 16.4. The van der Waals surface area contributed by atoms with Crippen LogP contribution in [0.1, 0.15) is 6.42 Å². The van der Waals surface area contributed by atoms with Crippen molar-refractivity contribution >= 4 is 0 Å². The van der Waals surface area contributed by atoms with Gasteiger partial charge in [0.05, 0.1) is 24.9 Å². The van der Waals surface area contributed by atoms with Gasteiger partial charge in [0.25, 0.3) is 0 Å². The third kappa shape index (κ3) is 1.60. The summed E-state index contributed by atoms with van der Waals surface area (Å²) in [5.41, 5.74) is 0. The molecule has 0 aromatic heterocycles. The molecule has 12 heavy (non-hydrogen) atoms. The van der Waals surface area contributed by atoms with Crippen LogP contribution in [0.25, 0.3) is 0 Å². The zero-order valence-electron chi connectivity index (χ0n) is 6.54. The Hall–Kier alpha value is -0.200. The monoisotopic (exact) mass is 178 g/mol. The smallest absolute Gasteiger partial charge is 0.106 e. The maximum Gasteiger partial charge on any atom is 0.106 e. The van der Waals surface area contributed by atoms with Crippen molar-refractivity contribution in [1.82, 2.24) is 0 Å². The molecule has 1 fully saturated rings. The quantitative estimate of drug-likeness (QED) is 0.320. The van der Waals surface area contributed by atoms with Gasteiger partial charge < -0.3 is 25.5 Å². The van der Waals surface area contributed by atoms with Crippen molar-refractivity contribution in [1.29, 1.82) is 0 Å². The first-order valence-corrected chi connectivity index (χ1v) is 3.91. The van der Waals surface area contributed by atoms with E-state index in [1.807, 2.05) is 0 Å². The predicted octanol–water partition coefficient (Wildman–Crippen LogP) is -2.56. The predicted molar refractivity (Wildman–Crippen MR) is 39.2 cm³/mol. The number of hydrogen-bond acceptors (Lipinski definition) is 5. The van der Waals surface area contributed by atoms with Crippen molar-refractivity contribution in [3.8, 4) is 0 Å². The Morgan fingerprint density at radius 2 is 1.75 bits per heavy atom. The first kappa shape index (κ1) is 9.88. The third-order valence-electron chi connectivity index (χ3n) is 2.38. The molecule has 1 aliphatic rings. The molecule has 0 spiro atoms. The van der Waals surface area contributed by atoms with Gasteiger partial charge in [0, 0.05) is 5.92 Å². The van der Waals surface area contributed by atoms with E-state index in [0.29, 0.717) is 0 Å². The first-order valence-electron chi connectivity index (χ1n) is 3.91. The minimum absolute atomic E-state index is 0.115. The second-order valence-corrected chi connectivity index (χ2v) is 3.20. The molecule has 0 amide bonds. The molecule has 0 aromatic rings. The first-order chi connectivity index (χ1) is 5.57. The fourth-order valence-corrected chi connectivity index (χ4v) is 1.56. The van der Waals surface area contributed by atoms with Crippen LogP contribution in [-0.2, 0) is 0 Å². The zero-order chi connectivity index (χ0) is 9.30. The Bertz CT molecular complexity index is 151. The van der Waals surface area contributed by atoms with E-state index in [4.69, 9.17) is 20.4 Å². The van der Waals surface area contributed by atoms with E-state index in [2.05, 4.69) is 0 Å². The molecule has 0 radical (unpaired) electrons. The van der Waals surface area contributed by atoms with E-state index in [0.717, 1.165) is 0 Å². The van der Waals surface area contributed by atoms with Crippen molar-refractivity contribution in [3.05, 3.63) is 0 Å². The summed E-state index contributed by atoms with van der Waals surface area (Å²) in [5, 5.41) is 45.1. The topological polar surface area (TPSA) is 101 Å². The van der Waals surface area contributed by atoms with Gasteiger partial charge >= 0.3 is 0 Å². The highest BCUT2D eigenvalue weighted by Crippen LogP contribution is 2.29. The zero-order valence-corrected chi connectivity index (χ0v) is 6.54. The van der Waals surface area contributed by atoms with E-state index >= 15 is 0 Å². The molecule has 5 nitrogen and oxygen atoms in total. The highest BCUT2D eigenvalue weighted by Gasteiger charge is 2.43. The summed E-state index contributed by atoms with van der Waals surface area (Å²) in [7, 11) is 0. The number of aliphatic hydroxyl groups excluding tert-OH is 5. The van der Waals surface area contributed by atoms with Crippen molar-refractivity contribution in [2.24, 2.45) is 5.92 Å². The van der Waals surface area contributed by atoms with Gasteiger partial charge in [-0.3, -0.25) is 0 Å². The van der Waals surface area contributed by atoms with Crippen LogP contribution < -0.4 is 0 Å². The van der Waals surface area contributed by atoms with Gasteiger partial charge in [0.1, 0.15) is 6.10 Å². The summed E-state index contributed by atoms with van der Waals surface area (Å²) in [6.07, 6.45) is -4.33. The molecule has 1 rings (SSSR count). The van der Waals surface area contributed by atoms with E-state index in [-0.39, 0.29) is 6.42 Å². The van der Waals surface area contributed by atoms with Crippen LogP contribution in [0.5, 0.6) is 0 Å². The average molecular weight is 178 g/mol. The fraction of sp³-hybridized carbons (Fsp3) is 1.00. The van der Waals surface area contributed by atoms with E-state index in [9.17, 15) is 5.11 Å². The van der Waals surface area contributed by atoms with Gasteiger partial charge in [0.15, 0.2) is 0 Å². The van der Waals surface area contributed by atoms with Gasteiger partial charge in [-0.2, -0.15) is 0 Å². The molecule has 72 valence electrons. The van der Waals surface area contributed by atoms with Crippen molar-refractivity contribution in [3.63, 3.8) is 0 Å². The lowest BCUT2D eigenvalue weighted by atomic mass is 9.99. The van der Waals surface area contributed by atoms with Crippen LogP contribution in [0.2, 0.25) is 0 Å². The van der Waals surface area contributed by atoms with Gasteiger partial charge in [-0.15, -0.1) is 0 Å². The van der Waals surface area contributed by atoms with Gasteiger partial charge in [-0.05, 0) is 6.42 Å². The Kier molecular flexibility index (Phi) is 3.03. The van der Waals surface area contributed by atoms with Crippen LogP contribution in [0.3, 0.4) is 0 Å². The minimum atomic E-state index is -1.21. The van der Waals surface area contributed by atoms with E-state index in [1.165, 1.54) is 0 Å². The van der Waals surface area contributed by atoms with Crippen molar-refractivity contribution < 1.29 is 25.5 Å². The molecule has 0 aliphatic heterocycles. The summed E-state index contributed by atoms with van der Waals surface area (Å²) in [5.74, 6) is -0.639. The summed E-state index contributed by atoms with van der Waals surface area (Å²) >= 11 is 0. The largest absolute Gasteiger partial charge is 0.394 e. The molecule has 0 bridgehead atoms. The summed E-state index contributed by atoms with van der Waals surface area (Å²) in [4.78, 5) is 0. The summed E-state index contributed by atoms with van der Waals surface area (Å²) in [6, 6.07) is 0. The summed E-state index contributed by atoms with van der Waals surface area (Å²) in [6.45, 7) is -0.471. The normalized spacial score (nSPS) is 44.8. The molecule has 0 saturated heterocycles. The number of aliphatic hydroxyl groups is 5. The lowest BCUT2D eigenvalue weighted by Crippen LogP contribution is -2.35. The third-order valence-corrected chi connectivity index (χ3v) is 2.38. The molecule has 5 N–H and O–H groups in total. The Morgan fingerprint density at radius 3 is 2.08 bits per heavy atom. The molecular formula is C7H14O5. The van der Waals surface area contributed by atoms with Gasteiger partial charge in [0.2, 0.25) is 0 Å². The molecule has 0 aromatic carbocycles. The maximum atomic E-state index is 9.25. The van der Waals surface area contributed by atoms with Gasteiger partial charge in [-0.1, -0.05) is 0 Å². The molecule has 5 atom stereocenters. The second-order valence-electron chi connectivity index (χ2n) is 3.20.